The van der Waals surface area contributed by atoms with Crippen LogP contribution in [0.4, 0.5) is 10.1 Å². The molecule has 0 spiro atoms. The van der Waals surface area contributed by atoms with Gasteiger partial charge in [-0.1, -0.05) is 0 Å². The third-order valence-corrected chi connectivity index (χ3v) is 4.18. The molecule has 0 bridgehead atoms. The van der Waals surface area contributed by atoms with Gasteiger partial charge in [0.05, 0.1) is 16.2 Å². The first-order valence-corrected chi connectivity index (χ1v) is 6.89. The lowest BCUT2D eigenvalue weighted by atomic mass is 9.94. The quantitative estimate of drug-likeness (QED) is 0.604. The molecule has 0 aliphatic carbocycles. The number of sulfonamides is 1. The highest BCUT2D eigenvalue weighted by Gasteiger charge is 2.31. The zero-order valence-electron chi connectivity index (χ0n) is 10.4. The highest BCUT2D eigenvalue weighted by molar-refractivity contribution is 7.89. The fraction of sp³-hybridized carbons (Fsp3) is 0.400. The molecule has 0 saturated carbocycles. The average Bonchev–Trinajstić information content (AvgIpc) is 2.27. The van der Waals surface area contributed by atoms with Gasteiger partial charge in [-0.15, -0.1) is 0 Å². The summed E-state index contributed by atoms with van der Waals surface area (Å²) in [6, 6.07) is 2.83. The maximum absolute atomic E-state index is 13.7. The zero-order valence-corrected chi connectivity index (χ0v) is 11.2. The third-order valence-electron chi connectivity index (χ3n) is 2.58. The van der Waals surface area contributed by atoms with Crippen molar-refractivity contribution < 1.29 is 17.7 Å². The first-order chi connectivity index (χ1) is 8.59. The number of benzene rings is 1. The monoisotopic (exact) mass is 291 g/mol. The van der Waals surface area contributed by atoms with E-state index in [0.29, 0.717) is 0 Å². The van der Waals surface area contributed by atoms with E-state index in [1.165, 1.54) is 14.0 Å². The molecular weight excluding hydrogens is 277 g/mol. The van der Waals surface area contributed by atoms with Crippen molar-refractivity contribution in [1.82, 2.24) is 4.72 Å². The van der Waals surface area contributed by atoms with E-state index in [1.54, 1.807) is 0 Å². The molecule has 1 atom stereocenters. The Morgan fingerprint density at radius 3 is 2.58 bits per heavy atom. The second-order valence-corrected chi connectivity index (χ2v) is 6.23. The van der Waals surface area contributed by atoms with Crippen molar-refractivity contribution in [1.29, 1.82) is 0 Å². The molecule has 106 valence electrons. The SMILES string of the molecule is CNS(=O)(=O)C[C@@](C)(N)c1cc([N+](=O)[O-])ccc1F. The summed E-state index contributed by atoms with van der Waals surface area (Å²) in [4.78, 5) is 9.94. The van der Waals surface area contributed by atoms with Crippen molar-refractivity contribution in [3.63, 3.8) is 0 Å². The predicted molar refractivity (Wildman–Crippen MR) is 67.4 cm³/mol. The number of non-ortho nitro benzene ring substituents is 1. The number of hydrogen-bond acceptors (Lipinski definition) is 5. The van der Waals surface area contributed by atoms with Crippen LogP contribution >= 0.6 is 0 Å². The first-order valence-electron chi connectivity index (χ1n) is 5.23. The van der Waals surface area contributed by atoms with Crippen LogP contribution in [0.3, 0.4) is 0 Å². The average molecular weight is 291 g/mol. The molecule has 7 nitrogen and oxygen atoms in total. The fourth-order valence-electron chi connectivity index (χ4n) is 1.61. The van der Waals surface area contributed by atoms with Gasteiger partial charge in [-0.25, -0.2) is 17.5 Å². The summed E-state index contributed by atoms with van der Waals surface area (Å²) in [5.74, 6) is -1.38. The molecule has 1 aromatic rings. The largest absolute Gasteiger partial charge is 0.321 e. The van der Waals surface area contributed by atoms with E-state index in [1.807, 2.05) is 0 Å². The minimum Gasteiger partial charge on any atom is -0.321 e. The maximum atomic E-state index is 13.7. The lowest BCUT2D eigenvalue weighted by Crippen LogP contribution is -2.44. The Bertz CT molecular complexity index is 601. The number of rotatable bonds is 5. The van der Waals surface area contributed by atoms with Crippen LogP contribution in [-0.4, -0.2) is 26.1 Å². The second kappa shape index (κ2) is 5.19. The molecule has 0 aliphatic heterocycles. The van der Waals surface area contributed by atoms with Gasteiger partial charge in [-0.3, -0.25) is 10.1 Å². The molecule has 1 rings (SSSR count). The van der Waals surface area contributed by atoms with Gasteiger partial charge in [0, 0.05) is 17.7 Å². The van der Waals surface area contributed by atoms with E-state index in [-0.39, 0.29) is 11.3 Å². The standard InChI is InChI=1S/C10H14FN3O4S/c1-10(12,6-19(17,18)13-2)8-5-7(14(15)16)3-4-9(8)11/h3-5,13H,6,12H2,1-2H3/t10-/m1/s1. The Morgan fingerprint density at radius 2 is 2.11 bits per heavy atom. The van der Waals surface area contributed by atoms with Crippen LogP contribution in [0.25, 0.3) is 0 Å². The van der Waals surface area contributed by atoms with Gasteiger partial charge in [-0.2, -0.15) is 0 Å². The van der Waals surface area contributed by atoms with E-state index in [9.17, 15) is 22.9 Å². The molecule has 0 heterocycles. The number of halogens is 1. The smallest absolute Gasteiger partial charge is 0.269 e. The number of nitro benzene ring substituents is 1. The van der Waals surface area contributed by atoms with E-state index in [4.69, 9.17) is 5.73 Å². The van der Waals surface area contributed by atoms with Gasteiger partial charge in [0.25, 0.3) is 5.69 Å². The molecule has 3 N–H and O–H groups in total. The van der Waals surface area contributed by atoms with Crippen molar-refractivity contribution in [3.8, 4) is 0 Å². The molecule has 0 unspecified atom stereocenters. The molecule has 0 aromatic heterocycles. The van der Waals surface area contributed by atoms with Gasteiger partial charge in [0.1, 0.15) is 5.82 Å². The lowest BCUT2D eigenvalue weighted by Gasteiger charge is -2.24. The molecule has 0 amide bonds. The van der Waals surface area contributed by atoms with E-state index >= 15 is 0 Å². The molecule has 0 radical (unpaired) electrons. The summed E-state index contributed by atoms with van der Waals surface area (Å²) in [6.07, 6.45) is 0. The van der Waals surface area contributed by atoms with Crippen molar-refractivity contribution in [2.75, 3.05) is 12.8 Å². The Hall–Kier alpha value is -1.58. The summed E-state index contributed by atoms with van der Waals surface area (Å²) < 4.78 is 38.7. The molecule has 0 fully saturated rings. The summed E-state index contributed by atoms with van der Waals surface area (Å²) in [5, 5.41) is 10.6. The predicted octanol–water partition coefficient (Wildman–Crippen LogP) is 0.457. The minimum absolute atomic E-state index is 0.222. The van der Waals surface area contributed by atoms with Crippen LogP contribution in [0.1, 0.15) is 12.5 Å². The fourth-order valence-corrected chi connectivity index (χ4v) is 2.70. The van der Waals surface area contributed by atoms with E-state index in [0.717, 1.165) is 18.2 Å². The van der Waals surface area contributed by atoms with Gasteiger partial charge < -0.3 is 5.73 Å². The van der Waals surface area contributed by atoms with Crippen LogP contribution in [0.5, 0.6) is 0 Å². The number of nitrogens with zero attached hydrogens (tertiary/aromatic N) is 1. The van der Waals surface area contributed by atoms with Gasteiger partial charge in [-0.05, 0) is 20.0 Å². The molecule has 9 heteroatoms. The molecule has 0 aliphatic rings. The van der Waals surface area contributed by atoms with Gasteiger partial charge in [0.15, 0.2) is 0 Å². The third kappa shape index (κ3) is 3.69. The first kappa shape index (κ1) is 15.5. The molecule has 1 aromatic carbocycles. The van der Waals surface area contributed by atoms with E-state index in [2.05, 4.69) is 4.72 Å². The molecular formula is C10H14FN3O4S. The van der Waals surface area contributed by atoms with Crippen molar-refractivity contribution in [2.45, 2.75) is 12.5 Å². The number of nitrogens with one attached hydrogen (secondary N) is 1. The van der Waals surface area contributed by atoms with Crippen LogP contribution in [-0.2, 0) is 15.6 Å². The minimum atomic E-state index is -3.69. The Labute approximate surface area is 109 Å². The van der Waals surface area contributed by atoms with Crippen molar-refractivity contribution >= 4 is 15.7 Å². The Balaban J connectivity index is 3.27. The van der Waals surface area contributed by atoms with Gasteiger partial charge in [0.2, 0.25) is 10.0 Å². The second-order valence-electron chi connectivity index (χ2n) is 4.30. The van der Waals surface area contributed by atoms with Crippen LogP contribution in [0.15, 0.2) is 18.2 Å². The van der Waals surface area contributed by atoms with Crippen LogP contribution in [0.2, 0.25) is 0 Å². The summed E-state index contributed by atoms with van der Waals surface area (Å²) in [5.41, 5.74) is 3.63. The highest BCUT2D eigenvalue weighted by atomic mass is 32.2. The Kier molecular flexibility index (Phi) is 4.23. The summed E-state index contributed by atoms with van der Waals surface area (Å²) >= 11 is 0. The Morgan fingerprint density at radius 1 is 1.53 bits per heavy atom. The molecule has 19 heavy (non-hydrogen) atoms. The topological polar surface area (TPSA) is 115 Å². The number of hydrogen-bond donors (Lipinski definition) is 2. The van der Waals surface area contributed by atoms with Crippen molar-refractivity contribution in [2.24, 2.45) is 5.73 Å². The zero-order chi connectivity index (χ0) is 14.8. The summed E-state index contributed by atoms with van der Waals surface area (Å²) in [6.45, 7) is 1.30. The number of nitrogens with two attached hydrogens (primary N) is 1. The summed E-state index contributed by atoms with van der Waals surface area (Å²) in [7, 11) is -2.48. The number of nitro groups is 1. The maximum Gasteiger partial charge on any atom is 0.269 e. The van der Waals surface area contributed by atoms with Crippen molar-refractivity contribution in [3.05, 3.63) is 39.7 Å². The normalized spacial score (nSPS) is 14.9. The lowest BCUT2D eigenvalue weighted by molar-refractivity contribution is -0.385. The highest BCUT2D eigenvalue weighted by Crippen LogP contribution is 2.26. The van der Waals surface area contributed by atoms with Crippen LogP contribution < -0.4 is 10.5 Å². The van der Waals surface area contributed by atoms with Crippen LogP contribution in [0, 0.1) is 15.9 Å². The van der Waals surface area contributed by atoms with E-state index < -0.39 is 32.1 Å². The van der Waals surface area contributed by atoms with Gasteiger partial charge >= 0.3 is 0 Å². The molecule has 0 saturated heterocycles.